The summed E-state index contributed by atoms with van der Waals surface area (Å²) >= 11 is 7.13. The van der Waals surface area contributed by atoms with E-state index in [1.807, 2.05) is 25.1 Å². The van der Waals surface area contributed by atoms with E-state index in [0.717, 1.165) is 89.4 Å². The Morgan fingerprint density at radius 2 is 1.85 bits per heavy atom. The number of H-pyrrole nitrogens is 1. The molecule has 220 valence electrons. The Kier molecular flexibility index (Phi) is 7.41. The molecule has 9 nitrogen and oxygen atoms in total. The molecule has 0 radical (unpaired) electrons. The van der Waals surface area contributed by atoms with Crippen molar-refractivity contribution in [2.75, 3.05) is 44.7 Å². The summed E-state index contributed by atoms with van der Waals surface area (Å²) in [5.41, 5.74) is 5.07. The van der Waals surface area contributed by atoms with Gasteiger partial charge in [0.25, 0.3) is 0 Å². The van der Waals surface area contributed by atoms with E-state index < -0.39 is 0 Å². The number of aryl methyl sites for hydroxylation is 1. The first kappa shape index (κ1) is 28.2. The van der Waals surface area contributed by atoms with Crippen LogP contribution in [0.2, 0.25) is 5.02 Å². The summed E-state index contributed by atoms with van der Waals surface area (Å²) in [7, 11) is 1.81. The number of nitrogens with one attached hydrogen (secondary N) is 1. The van der Waals surface area contributed by atoms with Gasteiger partial charge in [0.1, 0.15) is 0 Å². The highest BCUT2D eigenvalue weighted by molar-refractivity contribution is 6.36. The van der Waals surface area contributed by atoms with E-state index in [0.29, 0.717) is 25.2 Å². The highest BCUT2D eigenvalue weighted by Gasteiger charge is 2.43. The molecule has 3 aliphatic rings. The fraction of sp³-hybridized carbons (Fsp3) is 0.581. The highest BCUT2D eigenvalue weighted by Crippen LogP contribution is 2.47. The van der Waals surface area contributed by atoms with Gasteiger partial charge in [-0.1, -0.05) is 18.2 Å². The number of likely N-dealkylation sites (tertiary alicyclic amines) is 2. The van der Waals surface area contributed by atoms with Crippen molar-refractivity contribution in [2.45, 2.75) is 77.1 Å². The monoisotopic (exact) mass is 579 g/mol. The number of carbonyl (C=O) groups excluding carboxylic acids is 1. The number of nitrogens with zero attached hydrogens (tertiary/aromatic N) is 6. The van der Waals surface area contributed by atoms with Gasteiger partial charge in [-0.3, -0.25) is 19.5 Å². The van der Waals surface area contributed by atoms with Crippen LogP contribution in [0.4, 0.5) is 5.82 Å². The zero-order valence-corrected chi connectivity index (χ0v) is 25.7. The molecule has 3 aromatic rings. The SMILES string of the molecule is C=CC(=O)N1CCC(n2nc(N3CCC(N4CC(OC)C4)CC3(C)C)c(-c3c(Cl)c(C)cc4[nH]ncc34)c2C)CC1. The Morgan fingerprint density at radius 1 is 1.15 bits per heavy atom. The number of hydrogen-bond donors (Lipinski definition) is 1. The predicted octanol–water partition coefficient (Wildman–Crippen LogP) is 5.12. The van der Waals surface area contributed by atoms with Crippen molar-refractivity contribution in [3.8, 4) is 11.1 Å². The molecule has 2 aromatic heterocycles. The molecule has 6 rings (SSSR count). The first-order valence-electron chi connectivity index (χ1n) is 14.8. The number of rotatable bonds is 6. The maximum Gasteiger partial charge on any atom is 0.245 e. The van der Waals surface area contributed by atoms with E-state index >= 15 is 0 Å². The smallest absolute Gasteiger partial charge is 0.245 e. The van der Waals surface area contributed by atoms with Crippen LogP contribution in [0, 0.1) is 13.8 Å². The lowest BCUT2D eigenvalue weighted by Gasteiger charge is -2.52. The number of benzene rings is 1. The molecule has 1 atom stereocenters. The number of aromatic amines is 1. The Morgan fingerprint density at radius 3 is 2.51 bits per heavy atom. The van der Waals surface area contributed by atoms with Crippen molar-refractivity contribution in [1.82, 2.24) is 29.8 Å². The van der Waals surface area contributed by atoms with E-state index in [1.54, 1.807) is 0 Å². The zero-order valence-electron chi connectivity index (χ0n) is 24.9. The van der Waals surface area contributed by atoms with E-state index in [1.165, 1.54) is 6.08 Å². The second kappa shape index (κ2) is 10.7. The number of carbonyl (C=O) groups is 1. The minimum atomic E-state index is -0.104. The normalized spacial score (nSPS) is 22.3. The lowest BCUT2D eigenvalue weighted by Crippen LogP contribution is -2.62. The molecule has 0 saturated carbocycles. The number of anilines is 1. The molecular weight excluding hydrogens is 538 g/mol. The molecule has 10 heteroatoms. The number of aromatic nitrogens is 4. The van der Waals surface area contributed by atoms with Gasteiger partial charge >= 0.3 is 0 Å². The third-order valence-corrected chi connectivity index (χ3v) is 10.2. The molecule has 3 aliphatic heterocycles. The van der Waals surface area contributed by atoms with Gasteiger partial charge in [-0.2, -0.15) is 10.2 Å². The van der Waals surface area contributed by atoms with Gasteiger partial charge < -0.3 is 14.5 Å². The van der Waals surface area contributed by atoms with Crippen LogP contribution in [0.3, 0.4) is 0 Å². The molecule has 5 heterocycles. The van der Waals surface area contributed by atoms with Gasteiger partial charge in [0, 0.05) is 73.6 Å². The van der Waals surface area contributed by atoms with Crippen LogP contribution in [0.25, 0.3) is 22.0 Å². The molecule has 0 bridgehead atoms. The van der Waals surface area contributed by atoms with Gasteiger partial charge in [-0.15, -0.1) is 0 Å². The Labute approximate surface area is 247 Å². The minimum Gasteiger partial charge on any atom is -0.379 e. The van der Waals surface area contributed by atoms with Crippen molar-refractivity contribution in [1.29, 1.82) is 0 Å². The summed E-state index contributed by atoms with van der Waals surface area (Å²) in [4.78, 5) is 19.2. The second-order valence-electron chi connectivity index (χ2n) is 12.6. The van der Waals surface area contributed by atoms with Gasteiger partial charge in [-0.05, 0) is 71.1 Å². The standard InChI is InChI=1S/C31H42ClN7O2/c1-7-26(40)36-11-8-21(9-12-36)39-20(3)27(28-24-16-33-34-25(24)14-19(2)29(28)32)30(35-39)38-13-10-22(15-31(38,4)5)37-17-23(18-37)41-6/h7,14,16,21-23H,1,8-13,15,17-18H2,2-6H3,(H,33,34). The molecule has 1 N–H and O–H groups in total. The van der Waals surface area contributed by atoms with E-state index in [-0.39, 0.29) is 17.5 Å². The van der Waals surface area contributed by atoms with Crippen molar-refractivity contribution < 1.29 is 9.53 Å². The largest absolute Gasteiger partial charge is 0.379 e. The van der Waals surface area contributed by atoms with Crippen LogP contribution in [-0.2, 0) is 9.53 Å². The van der Waals surface area contributed by atoms with Crippen LogP contribution in [0.15, 0.2) is 24.9 Å². The molecule has 0 spiro atoms. The quantitative estimate of drug-likeness (QED) is 0.408. The topological polar surface area (TPSA) is 82.5 Å². The maximum atomic E-state index is 12.2. The van der Waals surface area contributed by atoms with Gasteiger partial charge in [0.2, 0.25) is 5.91 Å². The molecule has 1 unspecified atom stereocenters. The highest BCUT2D eigenvalue weighted by atomic mass is 35.5. The summed E-state index contributed by atoms with van der Waals surface area (Å²) in [5, 5.41) is 14.7. The van der Waals surface area contributed by atoms with E-state index in [2.05, 4.69) is 58.1 Å². The van der Waals surface area contributed by atoms with Crippen LogP contribution < -0.4 is 4.90 Å². The molecule has 1 aromatic carbocycles. The molecule has 1 amide bonds. The third kappa shape index (κ3) is 4.85. The first-order chi connectivity index (χ1) is 19.6. The van der Waals surface area contributed by atoms with Crippen LogP contribution in [0.5, 0.6) is 0 Å². The lowest BCUT2D eigenvalue weighted by atomic mass is 9.84. The molecule has 3 saturated heterocycles. The number of fused-ring (bicyclic) bond motifs is 1. The van der Waals surface area contributed by atoms with Crippen molar-refractivity contribution in [2.24, 2.45) is 0 Å². The Bertz CT molecular complexity index is 1460. The summed E-state index contributed by atoms with van der Waals surface area (Å²) in [6, 6.07) is 2.80. The van der Waals surface area contributed by atoms with Crippen molar-refractivity contribution in [3.05, 3.63) is 41.2 Å². The Balaban J connectivity index is 1.41. The summed E-state index contributed by atoms with van der Waals surface area (Å²) in [6.45, 7) is 16.9. The minimum absolute atomic E-state index is 0.000416. The van der Waals surface area contributed by atoms with Gasteiger partial charge in [0.05, 0.1) is 28.9 Å². The molecule has 0 aliphatic carbocycles. The van der Waals surface area contributed by atoms with Crippen molar-refractivity contribution in [3.63, 3.8) is 0 Å². The predicted molar refractivity (Wildman–Crippen MR) is 164 cm³/mol. The summed E-state index contributed by atoms with van der Waals surface area (Å²) in [6.07, 6.45) is 7.48. The zero-order chi connectivity index (χ0) is 29.1. The first-order valence-corrected chi connectivity index (χ1v) is 15.2. The summed E-state index contributed by atoms with van der Waals surface area (Å²) < 4.78 is 7.77. The number of hydrogen-bond acceptors (Lipinski definition) is 6. The number of halogens is 1. The number of amides is 1. The Hall–Kier alpha value is -2.88. The van der Waals surface area contributed by atoms with Crippen LogP contribution in [0.1, 0.15) is 56.8 Å². The van der Waals surface area contributed by atoms with Crippen molar-refractivity contribution >= 4 is 34.2 Å². The van der Waals surface area contributed by atoms with Gasteiger partial charge in [0.15, 0.2) is 5.82 Å². The average Bonchev–Trinajstić information content (AvgIpc) is 3.52. The number of ether oxygens (including phenoxy) is 1. The number of piperidine rings is 2. The fourth-order valence-corrected chi connectivity index (χ4v) is 7.49. The molecule has 41 heavy (non-hydrogen) atoms. The van der Waals surface area contributed by atoms with E-state index in [9.17, 15) is 4.79 Å². The van der Waals surface area contributed by atoms with E-state index in [4.69, 9.17) is 21.4 Å². The fourth-order valence-electron chi connectivity index (χ4n) is 7.24. The van der Waals surface area contributed by atoms with Gasteiger partial charge in [-0.25, -0.2) is 0 Å². The number of methoxy groups -OCH3 is 1. The maximum absolute atomic E-state index is 12.2. The third-order valence-electron chi connectivity index (χ3n) is 9.68. The van der Waals surface area contributed by atoms with Crippen LogP contribution in [-0.4, -0.2) is 93.2 Å². The molecule has 3 fully saturated rings. The summed E-state index contributed by atoms with van der Waals surface area (Å²) in [5.74, 6) is 0.989. The molecular formula is C31H42ClN7O2. The second-order valence-corrected chi connectivity index (χ2v) is 13.0. The lowest BCUT2D eigenvalue weighted by molar-refractivity contribution is -0.127. The average molecular weight is 580 g/mol. The van der Waals surface area contributed by atoms with Crippen LogP contribution >= 0.6 is 11.6 Å².